The van der Waals surface area contributed by atoms with E-state index in [1.165, 1.54) is 14.0 Å². The molecule has 0 fully saturated rings. The first-order valence-electron chi connectivity index (χ1n) is 4.72. The fourth-order valence-electron chi connectivity index (χ4n) is 0.997. The van der Waals surface area contributed by atoms with Gasteiger partial charge in [0, 0.05) is 7.11 Å². The Hall–Kier alpha value is -0.460. The van der Waals surface area contributed by atoms with Gasteiger partial charge in [0.05, 0.1) is 6.10 Å². The predicted octanol–water partition coefficient (Wildman–Crippen LogP) is 0.325. The summed E-state index contributed by atoms with van der Waals surface area (Å²) in [5.74, 6) is -0.699. The van der Waals surface area contributed by atoms with Crippen molar-refractivity contribution in [1.82, 2.24) is 4.67 Å². The van der Waals surface area contributed by atoms with E-state index in [2.05, 4.69) is 4.74 Å². The zero-order valence-corrected chi connectivity index (χ0v) is 10.7. The fourth-order valence-corrected chi connectivity index (χ4v) is 1.81. The van der Waals surface area contributed by atoms with Gasteiger partial charge < -0.3 is 19.3 Å². The zero-order chi connectivity index (χ0) is 12.9. The van der Waals surface area contributed by atoms with Crippen LogP contribution in [-0.4, -0.2) is 46.4 Å². The molecule has 2 N–H and O–H groups in total. The van der Waals surface area contributed by atoms with E-state index in [1.54, 1.807) is 13.8 Å². The van der Waals surface area contributed by atoms with Gasteiger partial charge in [-0.25, -0.2) is 4.57 Å². The molecule has 0 radical (unpaired) electrons. The van der Waals surface area contributed by atoms with Crippen LogP contribution in [0.5, 0.6) is 0 Å². The fraction of sp³-hybridized carbons (Fsp3) is 0.875. The monoisotopic (exact) mass is 255 g/mol. The third kappa shape index (κ3) is 5.05. The Balaban J connectivity index is 4.68. The molecule has 0 aromatic carbocycles. The minimum absolute atomic E-state index is 0.337. The first-order valence-corrected chi connectivity index (χ1v) is 6.28. The SMILES string of the molecule is COCN([C@@H](C)C(=O)OC(C)C)P(=O)(O)O. The van der Waals surface area contributed by atoms with Crippen LogP contribution in [0.2, 0.25) is 0 Å². The highest BCUT2D eigenvalue weighted by atomic mass is 31.2. The number of carbonyl (C=O) groups is 1. The largest absolute Gasteiger partial charge is 0.462 e. The molecule has 0 aliphatic carbocycles. The van der Waals surface area contributed by atoms with Crippen LogP contribution in [0.25, 0.3) is 0 Å². The summed E-state index contributed by atoms with van der Waals surface area (Å²) in [5.41, 5.74) is 0. The molecule has 0 bridgehead atoms. The van der Waals surface area contributed by atoms with Crippen molar-refractivity contribution in [3.05, 3.63) is 0 Å². The second-order valence-corrected chi connectivity index (χ2v) is 5.07. The van der Waals surface area contributed by atoms with Gasteiger partial charge in [-0.15, -0.1) is 0 Å². The van der Waals surface area contributed by atoms with Gasteiger partial charge in [-0.1, -0.05) is 0 Å². The van der Waals surface area contributed by atoms with Gasteiger partial charge in [-0.3, -0.25) is 4.79 Å². The number of hydrogen-bond acceptors (Lipinski definition) is 4. The lowest BCUT2D eigenvalue weighted by molar-refractivity contribution is -0.153. The molecule has 0 heterocycles. The molecule has 0 aromatic heterocycles. The summed E-state index contributed by atoms with van der Waals surface area (Å²) < 4.78 is 21.2. The smallest absolute Gasteiger partial charge is 0.405 e. The summed E-state index contributed by atoms with van der Waals surface area (Å²) in [5, 5.41) is 0. The van der Waals surface area contributed by atoms with E-state index in [9.17, 15) is 9.36 Å². The summed E-state index contributed by atoms with van der Waals surface area (Å²) >= 11 is 0. The summed E-state index contributed by atoms with van der Waals surface area (Å²) in [4.78, 5) is 29.5. The molecule has 0 saturated carbocycles. The van der Waals surface area contributed by atoms with E-state index in [1.807, 2.05) is 0 Å². The molecule has 0 spiro atoms. The first kappa shape index (κ1) is 15.5. The number of hydrogen-bond donors (Lipinski definition) is 2. The Morgan fingerprint density at radius 1 is 1.38 bits per heavy atom. The maximum absolute atomic E-state index is 11.5. The first-order chi connectivity index (χ1) is 7.20. The third-order valence-electron chi connectivity index (χ3n) is 1.74. The van der Waals surface area contributed by atoms with Gasteiger partial charge in [-0.05, 0) is 20.8 Å². The highest BCUT2D eigenvalue weighted by molar-refractivity contribution is 7.49. The van der Waals surface area contributed by atoms with Crippen molar-refractivity contribution in [3.63, 3.8) is 0 Å². The lowest BCUT2D eigenvalue weighted by atomic mass is 10.3. The Labute approximate surface area is 94.5 Å². The minimum atomic E-state index is -4.54. The van der Waals surface area contributed by atoms with Crippen molar-refractivity contribution < 1.29 is 28.6 Å². The maximum Gasteiger partial charge on any atom is 0.405 e. The molecule has 16 heavy (non-hydrogen) atoms. The maximum atomic E-state index is 11.5. The van der Waals surface area contributed by atoms with Crippen molar-refractivity contribution in [2.24, 2.45) is 0 Å². The molecule has 0 aromatic rings. The van der Waals surface area contributed by atoms with Crippen LogP contribution in [-0.2, 0) is 18.8 Å². The van der Waals surface area contributed by atoms with Crippen molar-refractivity contribution >= 4 is 13.7 Å². The second kappa shape index (κ2) is 6.32. The number of nitrogens with zero attached hydrogens (tertiary/aromatic N) is 1. The van der Waals surface area contributed by atoms with Gasteiger partial charge in [0.1, 0.15) is 12.8 Å². The van der Waals surface area contributed by atoms with Gasteiger partial charge >= 0.3 is 13.7 Å². The molecular formula is C8H18NO6P. The highest BCUT2D eigenvalue weighted by Gasteiger charge is 2.35. The Bertz CT molecular complexity index is 276. The van der Waals surface area contributed by atoms with Crippen LogP contribution in [0, 0.1) is 0 Å². The lowest BCUT2D eigenvalue weighted by Crippen LogP contribution is -2.39. The zero-order valence-electron chi connectivity index (χ0n) is 9.78. The molecule has 0 amide bonds. The number of methoxy groups -OCH3 is 1. The summed E-state index contributed by atoms with van der Waals surface area (Å²) in [7, 11) is -3.26. The van der Waals surface area contributed by atoms with Gasteiger partial charge in [0.15, 0.2) is 0 Å². The molecular weight excluding hydrogens is 237 g/mol. The summed E-state index contributed by atoms with van der Waals surface area (Å²) in [6, 6.07) is -1.07. The lowest BCUT2D eigenvalue weighted by Gasteiger charge is -2.27. The van der Waals surface area contributed by atoms with Crippen LogP contribution < -0.4 is 0 Å². The quantitative estimate of drug-likeness (QED) is 0.401. The van der Waals surface area contributed by atoms with E-state index in [0.717, 1.165) is 0 Å². The number of ether oxygens (including phenoxy) is 2. The van der Waals surface area contributed by atoms with Crippen LogP contribution in [0.3, 0.4) is 0 Å². The van der Waals surface area contributed by atoms with Crippen molar-refractivity contribution in [1.29, 1.82) is 0 Å². The number of rotatable bonds is 6. The van der Waals surface area contributed by atoms with E-state index < -0.39 is 19.8 Å². The molecule has 0 unspecified atom stereocenters. The van der Waals surface area contributed by atoms with E-state index >= 15 is 0 Å². The molecule has 96 valence electrons. The Kier molecular flexibility index (Phi) is 6.14. The molecule has 0 aliphatic heterocycles. The van der Waals surface area contributed by atoms with Gasteiger partial charge in [0.25, 0.3) is 0 Å². The average molecular weight is 255 g/mol. The summed E-state index contributed by atoms with van der Waals surface area (Å²) in [6.45, 7) is 4.31. The third-order valence-corrected chi connectivity index (χ3v) is 2.87. The van der Waals surface area contributed by atoms with Gasteiger partial charge in [-0.2, -0.15) is 4.67 Å². The van der Waals surface area contributed by atoms with Crippen LogP contribution in [0.15, 0.2) is 0 Å². The highest BCUT2D eigenvalue weighted by Crippen LogP contribution is 2.41. The van der Waals surface area contributed by atoms with E-state index in [-0.39, 0.29) is 12.8 Å². The van der Waals surface area contributed by atoms with Crippen LogP contribution in [0.1, 0.15) is 20.8 Å². The predicted molar refractivity (Wildman–Crippen MR) is 56.4 cm³/mol. The second-order valence-electron chi connectivity index (χ2n) is 3.53. The number of esters is 1. The van der Waals surface area contributed by atoms with Crippen LogP contribution >= 0.6 is 7.75 Å². The van der Waals surface area contributed by atoms with Crippen LogP contribution in [0.4, 0.5) is 0 Å². The molecule has 0 rings (SSSR count). The number of carbonyl (C=O) groups excluding carboxylic acids is 1. The molecule has 7 nitrogen and oxygen atoms in total. The molecule has 8 heteroatoms. The Morgan fingerprint density at radius 2 is 1.88 bits per heavy atom. The van der Waals surface area contributed by atoms with Crippen molar-refractivity contribution in [3.8, 4) is 0 Å². The molecule has 0 aliphatic rings. The Morgan fingerprint density at radius 3 is 2.19 bits per heavy atom. The summed E-state index contributed by atoms with van der Waals surface area (Å²) in [6.07, 6.45) is -0.337. The van der Waals surface area contributed by atoms with Crippen molar-refractivity contribution in [2.45, 2.75) is 32.9 Å². The van der Waals surface area contributed by atoms with Gasteiger partial charge in [0.2, 0.25) is 0 Å². The van der Waals surface area contributed by atoms with Crippen molar-refractivity contribution in [2.75, 3.05) is 13.8 Å². The molecule has 0 saturated heterocycles. The average Bonchev–Trinajstić information content (AvgIpc) is 2.10. The standard InChI is InChI=1S/C8H18NO6P/c1-6(2)15-8(10)7(3)9(5-14-4)16(11,12)13/h6-7H,5H2,1-4H3,(H2,11,12,13)/t7-/m0/s1. The van der Waals surface area contributed by atoms with E-state index in [0.29, 0.717) is 4.67 Å². The molecule has 1 atom stereocenters. The van der Waals surface area contributed by atoms with E-state index in [4.69, 9.17) is 14.5 Å². The minimum Gasteiger partial charge on any atom is -0.462 e. The normalized spacial score (nSPS) is 14.2. The topological polar surface area (TPSA) is 96.3 Å².